The molecule has 1 aromatic rings. The van der Waals surface area contributed by atoms with Gasteiger partial charge >= 0.3 is 0 Å². The monoisotopic (exact) mass is 313 g/mol. The van der Waals surface area contributed by atoms with Crippen LogP contribution in [0.4, 0.5) is 0 Å². The molecule has 21 heavy (non-hydrogen) atoms. The minimum Gasteiger partial charge on any atom is -0.319 e. The number of piperidine rings is 1. The lowest BCUT2D eigenvalue weighted by Gasteiger charge is -2.31. The Balaban J connectivity index is 1.94. The van der Waals surface area contributed by atoms with E-state index in [9.17, 15) is 8.42 Å². The first-order chi connectivity index (χ1) is 10.0. The molecule has 0 aromatic carbocycles. The molecule has 1 fully saturated rings. The Bertz CT molecular complexity index is 561. The molecular weight excluding hydrogens is 290 g/mol. The molecule has 2 heterocycles. The second-order valence-corrected chi connectivity index (χ2v) is 7.10. The summed E-state index contributed by atoms with van der Waals surface area (Å²) in [7, 11) is -1.56. The molecule has 0 aliphatic carbocycles. The van der Waals surface area contributed by atoms with Crippen LogP contribution in [0.25, 0.3) is 0 Å². The average molecular weight is 313 g/mol. The van der Waals surface area contributed by atoms with Crippen molar-refractivity contribution in [3.05, 3.63) is 23.8 Å². The number of nitrogens with zero attached hydrogens (tertiary/aromatic N) is 3. The molecule has 2 rings (SSSR count). The van der Waals surface area contributed by atoms with E-state index in [4.69, 9.17) is 0 Å². The lowest BCUT2D eigenvalue weighted by molar-refractivity contribution is 0.260. The molecule has 0 spiro atoms. The van der Waals surface area contributed by atoms with Gasteiger partial charge in [-0.05, 0) is 45.3 Å². The van der Waals surface area contributed by atoms with E-state index in [0.717, 1.165) is 19.4 Å². The Hall–Kier alpha value is -1.09. The molecule has 118 valence electrons. The van der Waals surface area contributed by atoms with Crippen LogP contribution in [0.3, 0.4) is 0 Å². The average Bonchev–Trinajstić information content (AvgIpc) is 2.46. The maximum atomic E-state index is 12.3. The van der Waals surface area contributed by atoms with E-state index in [-0.39, 0.29) is 6.54 Å². The summed E-state index contributed by atoms with van der Waals surface area (Å²) in [6.07, 6.45) is 3.60. The molecular formula is C13H23N5O2S. The van der Waals surface area contributed by atoms with Gasteiger partial charge in [-0.3, -0.25) is 0 Å². The van der Waals surface area contributed by atoms with Crippen molar-refractivity contribution in [1.29, 1.82) is 0 Å². The molecule has 8 heteroatoms. The van der Waals surface area contributed by atoms with E-state index in [1.54, 1.807) is 19.2 Å². The van der Waals surface area contributed by atoms with Crippen LogP contribution in [-0.2, 0) is 16.8 Å². The van der Waals surface area contributed by atoms with E-state index in [2.05, 4.69) is 20.0 Å². The van der Waals surface area contributed by atoms with Crippen molar-refractivity contribution in [2.75, 3.05) is 26.7 Å². The minimum absolute atomic E-state index is 0.193. The number of aryl methyl sites for hydroxylation is 1. The highest BCUT2D eigenvalue weighted by Gasteiger charge is 2.28. The van der Waals surface area contributed by atoms with Crippen molar-refractivity contribution in [2.24, 2.45) is 5.92 Å². The van der Waals surface area contributed by atoms with Crippen molar-refractivity contribution in [3.8, 4) is 0 Å². The molecule has 2 N–H and O–H groups in total. The van der Waals surface area contributed by atoms with Gasteiger partial charge in [-0.1, -0.05) is 0 Å². The first-order valence-electron chi connectivity index (χ1n) is 7.19. The van der Waals surface area contributed by atoms with Crippen LogP contribution >= 0.6 is 0 Å². The molecule has 0 saturated carbocycles. The smallest absolute Gasteiger partial charge is 0.279 e. The van der Waals surface area contributed by atoms with E-state index in [0.29, 0.717) is 30.5 Å². The van der Waals surface area contributed by atoms with Gasteiger partial charge in [0, 0.05) is 19.3 Å². The molecule has 0 radical (unpaired) electrons. The zero-order valence-electron chi connectivity index (χ0n) is 12.5. The first-order valence-corrected chi connectivity index (χ1v) is 8.63. The van der Waals surface area contributed by atoms with Crippen LogP contribution in [-0.4, -0.2) is 49.4 Å². The zero-order valence-corrected chi connectivity index (χ0v) is 13.4. The fraction of sp³-hybridized carbons (Fsp3) is 0.692. The van der Waals surface area contributed by atoms with Crippen molar-refractivity contribution >= 4 is 10.2 Å². The number of hydrogen-bond acceptors (Lipinski definition) is 5. The third kappa shape index (κ3) is 4.70. The summed E-state index contributed by atoms with van der Waals surface area (Å²) in [4.78, 5) is 8.20. The standard InChI is InChI=1S/C13H23N5O2S/c1-11-15-6-5-13(17-11)9-16-21(19,20)18-7-3-4-12(10-18)8-14-2/h5-6,12,14,16H,3-4,7-10H2,1-2H3. The topological polar surface area (TPSA) is 87.2 Å². The van der Waals surface area contributed by atoms with Gasteiger partial charge in [-0.25, -0.2) is 9.97 Å². The first kappa shape index (κ1) is 16.3. The van der Waals surface area contributed by atoms with Crippen molar-refractivity contribution < 1.29 is 8.42 Å². The third-order valence-electron chi connectivity index (χ3n) is 3.58. The molecule has 0 amide bonds. The maximum absolute atomic E-state index is 12.3. The van der Waals surface area contributed by atoms with E-state index in [1.165, 1.54) is 4.31 Å². The fourth-order valence-corrected chi connectivity index (χ4v) is 3.85. The zero-order chi connectivity index (χ0) is 15.3. The molecule has 1 aromatic heterocycles. The molecule has 7 nitrogen and oxygen atoms in total. The Morgan fingerprint density at radius 3 is 3.00 bits per heavy atom. The van der Waals surface area contributed by atoms with Crippen LogP contribution < -0.4 is 10.0 Å². The molecule has 1 saturated heterocycles. The van der Waals surface area contributed by atoms with Gasteiger partial charge in [0.2, 0.25) is 0 Å². The van der Waals surface area contributed by atoms with Crippen LogP contribution in [0.1, 0.15) is 24.4 Å². The van der Waals surface area contributed by atoms with Crippen LogP contribution in [0.15, 0.2) is 12.3 Å². The third-order valence-corrected chi connectivity index (χ3v) is 5.10. The number of nitrogens with one attached hydrogen (secondary N) is 2. The quantitative estimate of drug-likeness (QED) is 0.775. The molecule has 1 atom stereocenters. The second kappa shape index (κ2) is 7.26. The highest BCUT2D eigenvalue weighted by Crippen LogP contribution is 2.18. The number of hydrogen-bond donors (Lipinski definition) is 2. The van der Waals surface area contributed by atoms with Crippen molar-refractivity contribution in [1.82, 2.24) is 24.3 Å². The Morgan fingerprint density at radius 1 is 1.48 bits per heavy atom. The van der Waals surface area contributed by atoms with Gasteiger partial charge in [-0.2, -0.15) is 17.4 Å². The van der Waals surface area contributed by atoms with Gasteiger partial charge < -0.3 is 5.32 Å². The molecule has 0 bridgehead atoms. The summed E-state index contributed by atoms with van der Waals surface area (Å²) in [6.45, 7) is 3.97. The number of aromatic nitrogens is 2. The maximum Gasteiger partial charge on any atom is 0.279 e. The molecule has 1 aliphatic heterocycles. The largest absolute Gasteiger partial charge is 0.319 e. The Labute approximate surface area is 126 Å². The van der Waals surface area contributed by atoms with Crippen molar-refractivity contribution in [2.45, 2.75) is 26.3 Å². The predicted octanol–water partition coefficient (Wildman–Crippen LogP) is 0.0508. The predicted molar refractivity (Wildman–Crippen MR) is 80.8 cm³/mol. The van der Waals surface area contributed by atoms with Gasteiger partial charge in [0.15, 0.2) is 0 Å². The highest BCUT2D eigenvalue weighted by molar-refractivity contribution is 7.87. The summed E-state index contributed by atoms with van der Waals surface area (Å²) in [6, 6.07) is 1.72. The normalized spacial score (nSPS) is 20.6. The number of rotatable bonds is 6. The minimum atomic E-state index is -3.45. The fourth-order valence-electron chi connectivity index (χ4n) is 2.56. The lowest BCUT2D eigenvalue weighted by Crippen LogP contribution is -2.47. The van der Waals surface area contributed by atoms with Gasteiger partial charge in [-0.15, -0.1) is 0 Å². The van der Waals surface area contributed by atoms with Crippen molar-refractivity contribution in [3.63, 3.8) is 0 Å². The summed E-state index contributed by atoms with van der Waals surface area (Å²) in [5.74, 6) is 1.01. The molecule has 1 unspecified atom stereocenters. The van der Waals surface area contributed by atoms with E-state index < -0.39 is 10.2 Å². The molecule has 1 aliphatic rings. The second-order valence-electron chi connectivity index (χ2n) is 5.35. The summed E-state index contributed by atoms with van der Waals surface area (Å²) >= 11 is 0. The lowest BCUT2D eigenvalue weighted by atomic mass is 10.00. The van der Waals surface area contributed by atoms with Crippen LogP contribution in [0.2, 0.25) is 0 Å². The summed E-state index contributed by atoms with van der Waals surface area (Å²) in [5, 5.41) is 3.11. The SMILES string of the molecule is CNCC1CCCN(S(=O)(=O)NCc2ccnc(C)n2)C1. The van der Waals surface area contributed by atoms with E-state index >= 15 is 0 Å². The van der Waals surface area contributed by atoms with Crippen LogP contribution in [0.5, 0.6) is 0 Å². The summed E-state index contributed by atoms with van der Waals surface area (Å²) in [5.41, 5.74) is 0.676. The Kier molecular flexibility index (Phi) is 5.63. The summed E-state index contributed by atoms with van der Waals surface area (Å²) < 4.78 is 28.8. The Morgan fingerprint density at radius 2 is 2.29 bits per heavy atom. The van der Waals surface area contributed by atoms with Gasteiger partial charge in [0.25, 0.3) is 10.2 Å². The van der Waals surface area contributed by atoms with Gasteiger partial charge in [0.05, 0.1) is 12.2 Å². The van der Waals surface area contributed by atoms with Crippen LogP contribution in [0, 0.1) is 12.8 Å². The van der Waals surface area contributed by atoms with E-state index in [1.807, 2.05) is 7.05 Å². The van der Waals surface area contributed by atoms with Gasteiger partial charge in [0.1, 0.15) is 5.82 Å². The highest BCUT2D eigenvalue weighted by atomic mass is 32.2.